The quantitative estimate of drug-likeness (QED) is 0.848. The number of hydrogen-bond acceptors (Lipinski definition) is 4. The van der Waals surface area contributed by atoms with Gasteiger partial charge in [0.2, 0.25) is 0 Å². The summed E-state index contributed by atoms with van der Waals surface area (Å²) in [7, 11) is 1.74. The maximum absolute atomic E-state index is 12.6. The van der Waals surface area contributed by atoms with E-state index < -0.39 is 5.97 Å². The third-order valence-corrected chi connectivity index (χ3v) is 3.64. The molecule has 0 saturated carbocycles. The topological polar surface area (TPSA) is 79.7 Å². The zero-order chi connectivity index (χ0) is 15.4. The summed E-state index contributed by atoms with van der Waals surface area (Å²) in [6, 6.07) is 1.63. The molecule has 0 spiro atoms. The number of carbonyl (C=O) groups is 2. The van der Waals surface area contributed by atoms with Crippen molar-refractivity contribution >= 4 is 18.0 Å². The van der Waals surface area contributed by atoms with Crippen LogP contribution in [0.2, 0.25) is 0 Å². The average molecular weight is 290 g/mol. The lowest BCUT2D eigenvalue weighted by molar-refractivity contribution is -0.131. The smallest absolute Gasteiger partial charge is 0.328 e. The van der Waals surface area contributed by atoms with Gasteiger partial charge in [0.05, 0.1) is 12.1 Å². The molecule has 6 nitrogen and oxygen atoms in total. The lowest BCUT2D eigenvalue weighted by Crippen LogP contribution is -2.41. The number of ether oxygens (including phenoxy) is 1. The highest BCUT2D eigenvalue weighted by atomic mass is 16.5. The molecule has 112 valence electrons. The summed E-state index contributed by atoms with van der Waals surface area (Å²) in [6.45, 7) is 2.59. The average Bonchev–Trinajstić information content (AvgIpc) is 2.90. The van der Waals surface area contributed by atoms with Crippen molar-refractivity contribution in [3.05, 3.63) is 35.7 Å². The van der Waals surface area contributed by atoms with Crippen molar-refractivity contribution in [2.24, 2.45) is 0 Å². The summed E-state index contributed by atoms with van der Waals surface area (Å²) in [4.78, 5) is 28.8. The van der Waals surface area contributed by atoms with E-state index in [9.17, 15) is 9.59 Å². The summed E-state index contributed by atoms with van der Waals surface area (Å²) < 4.78 is 5.48. The Hall–Kier alpha value is -2.21. The molecule has 2 unspecified atom stereocenters. The number of rotatable bonds is 4. The Morgan fingerprint density at radius 3 is 2.90 bits per heavy atom. The van der Waals surface area contributed by atoms with Crippen LogP contribution in [0.4, 0.5) is 0 Å². The first-order chi connectivity index (χ1) is 10.0. The Morgan fingerprint density at radius 1 is 1.52 bits per heavy atom. The van der Waals surface area contributed by atoms with Crippen LogP contribution in [-0.4, -0.2) is 52.7 Å². The van der Waals surface area contributed by atoms with Gasteiger partial charge in [-0.05, 0) is 25.5 Å². The second kappa shape index (κ2) is 6.49. The van der Waals surface area contributed by atoms with E-state index >= 15 is 0 Å². The Morgan fingerprint density at radius 2 is 2.29 bits per heavy atom. The molecular weight excluding hydrogens is 272 g/mol. The summed E-state index contributed by atoms with van der Waals surface area (Å²) in [5, 5.41) is 8.70. The molecule has 2 heterocycles. The number of hydrogen-bond donors (Lipinski definition) is 1. The van der Waals surface area contributed by atoms with Crippen LogP contribution in [0, 0.1) is 0 Å². The van der Waals surface area contributed by atoms with Crippen LogP contribution >= 0.6 is 0 Å². The Kier molecular flexibility index (Phi) is 4.70. The maximum atomic E-state index is 12.6. The van der Waals surface area contributed by atoms with Gasteiger partial charge in [-0.25, -0.2) is 4.79 Å². The predicted molar refractivity (Wildman–Crippen MR) is 76.8 cm³/mol. The van der Waals surface area contributed by atoms with Crippen LogP contribution in [0.15, 0.2) is 24.5 Å². The summed E-state index contributed by atoms with van der Waals surface area (Å²) in [5.41, 5.74) is 0.924. The number of carbonyl (C=O) groups excluding carboxylic acids is 1. The first kappa shape index (κ1) is 15.2. The molecule has 0 bridgehead atoms. The molecule has 1 amide bonds. The minimum Gasteiger partial charge on any atom is -0.478 e. The van der Waals surface area contributed by atoms with E-state index in [0.717, 1.165) is 12.5 Å². The number of aliphatic carboxylic acids is 1. The molecular formula is C15H18N2O4. The van der Waals surface area contributed by atoms with E-state index in [2.05, 4.69) is 4.98 Å². The van der Waals surface area contributed by atoms with Crippen molar-refractivity contribution in [3.8, 4) is 0 Å². The molecule has 1 saturated heterocycles. The third-order valence-electron chi connectivity index (χ3n) is 3.64. The fraction of sp³-hybridized carbons (Fsp3) is 0.400. The van der Waals surface area contributed by atoms with Crippen molar-refractivity contribution in [2.75, 3.05) is 13.7 Å². The summed E-state index contributed by atoms with van der Waals surface area (Å²) in [6.07, 6.45) is 6.18. The zero-order valence-electron chi connectivity index (χ0n) is 12.0. The highest BCUT2D eigenvalue weighted by Gasteiger charge is 2.31. The maximum Gasteiger partial charge on any atom is 0.328 e. The van der Waals surface area contributed by atoms with Gasteiger partial charge >= 0.3 is 5.97 Å². The first-order valence-corrected chi connectivity index (χ1v) is 6.74. The van der Waals surface area contributed by atoms with Gasteiger partial charge in [0.1, 0.15) is 0 Å². The molecule has 0 aliphatic carbocycles. The van der Waals surface area contributed by atoms with Crippen molar-refractivity contribution in [1.82, 2.24) is 9.88 Å². The Labute approximate surface area is 123 Å². The SMILES string of the molecule is CC1OCCC1N(C)C(=O)c1ccncc1/C=C/C(=O)O. The second-order valence-corrected chi connectivity index (χ2v) is 4.98. The largest absolute Gasteiger partial charge is 0.478 e. The van der Waals surface area contributed by atoms with Crippen LogP contribution in [0.1, 0.15) is 29.3 Å². The van der Waals surface area contributed by atoms with E-state index in [1.165, 1.54) is 18.5 Å². The molecule has 21 heavy (non-hydrogen) atoms. The van der Waals surface area contributed by atoms with Crippen LogP contribution < -0.4 is 0 Å². The van der Waals surface area contributed by atoms with E-state index in [-0.39, 0.29) is 18.1 Å². The number of amides is 1. The summed E-state index contributed by atoms with van der Waals surface area (Å²) in [5.74, 6) is -1.23. The molecule has 1 N–H and O–H groups in total. The zero-order valence-corrected chi connectivity index (χ0v) is 12.0. The Bertz CT molecular complexity index is 571. The highest BCUT2D eigenvalue weighted by Crippen LogP contribution is 2.21. The number of nitrogens with zero attached hydrogens (tertiary/aromatic N) is 2. The predicted octanol–water partition coefficient (Wildman–Crippen LogP) is 1.43. The van der Waals surface area contributed by atoms with E-state index in [1.807, 2.05) is 6.92 Å². The second-order valence-electron chi connectivity index (χ2n) is 4.98. The van der Waals surface area contributed by atoms with Gasteiger partial charge in [-0.15, -0.1) is 0 Å². The molecule has 1 fully saturated rings. The van der Waals surface area contributed by atoms with Crippen molar-refractivity contribution < 1.29 is 19.4 Å². The fourth-order valence-corrected chi connectivity index (χ4v) is 2.46. The molecule has 1 aliphatic heterocycles. The van der Waals surface area contributed by atoms with Gasteiger partial charge in [-0.2, -0.15) is 0 Å². The van der Waals surface area contributed by atoms with E-state index in [1.54, 1.807) is 18.0 Å². The Balaban J connectivity index is 2.24. The van der Waals surface area contributed by atoms with Crippen LogP contribution in [0.3, 0.4) is 0 Å². The summed E-state index contributed by atoms with van der Waals surface area (Å²) >= 11 is 0. The molecule has 1 aromatic rings. The first-order valence-electron chi connectivity index (χ1n) is 6.74. The molecule has 6 heteroatoms. The monoisotopic (exact) mass is 290 g/mol. The van der Waals surface area contributed by atoms with E-state index in [0.29, 0.717) is 17.7 Å². The van der Waals surface area contributed by atoms with Gasteiger partial charge in [-0.1, -0.05) is 0 Å². The lowest BCUT2D eigenvalue weighted by atomic mass is 10.1. The van der Waals surface area contributed by atoms with Gasteiger partial charge in [0.25, 0.3) is 5.91 Å². The van der Waals surface area contributed by atoms with Gasteiger partial charge < -0.3 is 14.7 Å². The molecule has 0 aromatic carbocycles. The van der Waals surface area contributed by atoms with Crippen LogP contribution in [-0.2, 0) is 9.53 Å². The molecule has 0 radical (unpaired) electrons. The standard InChI is InChI=1S/C15H18N2O4/c1-10-13(6-8-21-10)17(2)15(20)12-5-7-16-9-11(12)3-4-14(18)19/h3-5,7,9-10,13H,6,8H2,1-2H3,(H,18,19)/b4-3+. The number of aromatic nitrogens is 1. The lowest BCUT2D eigenvalue weighted by Gasteiger charge is -2.27. The van der Waals surface area contributed by atoms with E-state index in [4.69, 9.17) is 9.84 Å². The molecule has 2 rings (SSSR count). The fourth-order valence-electron chi connectivity index (χ4n) is 2.46. The minimum atomic E-state index is -1.07. The van der Waals surface area contributed by atoms with Crippen molar-refractivity contribution in [1.29, 1.82) is 0 Å². The minimum absolute atomic E-state index is 0.00111. The molecule has 1 aliphatic rings. The van der Waals surface area contributed by atoms with Crippen molar-refractivity contribution in [3.63, 3.8) is 0 Å². The van der Waals surface area contributed by atoms with Gasteiger partial charge in [-0.3, -0.25) is 9.78 Å². The molecule has 2 atom stereocenters. The number of carboxylic acids is 1. The normalized spacial score (nSPS) is 21.6. The van der Waals surface area contributed by atoms with Crippen LogP contribution in [0.25, 0.3) is 6.08 Å². The number of carboxylic acid groups (broad SMARTS) is 1. The third kappa shape index (κ3) is 3.46. The number of likely N-dealkylation sites (N-methyl/N-ethyl adjacent to an activating group) is 1. The van der Waals surface area contributed by atoms with Crippen LogP contribution in [0.5, 0.6) is 0 Å². The van der Waals surface area contributed by atoms with Gasteiger partial charge in [0, 0.05) is 43.3 Å². The number of pyridine rings is 1. The van der Waals surface area contributed by atoms with Gasteiger partial charge in [0.15, 0.2) is 0 Å². The molecule has 1 aromatic heterocycles. The highest BCUT2D eigenvalue weighted by molar-refractivity contribution is 5.98. The van der Waals surface area contributed by atoms with Crippen molar-refractivity contribution in [2.45, 2.75) is 25.5 Å².